The molecule has 2 rings (SSSR count). The van der Waals surface area contributed by atoms with Crippen molar-refractivity contribution in [3.8, 4) is 0 Å². The number of nitrogens with one attached hydrogen (secondary N) is 1. The first-order valence-electron chi connectivity index (χ1n) is 6.23. The molecule has 0 atom stereocenters. The van der Waals surface area contributed by atoms with Gasteiger partial charge >= 0.3 is 0 Å². The number of ether oxygens (including phenoxy) is 1. The molecule has 1 N–H and O–H groups in total. The van der Waals surface area contributed by atoms with E-state index in [-0.39, 0.29) is 0 Å². The van der Waals surface area contributed by atoms with Crippen molar-refractivity contribution in [2.24, 2.45) is 11.8 Å². The summed E-state index contributed by atoms with van der Waals surface area (Å²) in [5.41, 5.74) is 0. The van der Waals surface area contributed by atoms with E-state index in [0.29, 0.717) is 0 Å². The van der Waals surface area contributed by atoms with Crippen molar-refractivity contribution in [2.75, 3.05) is 19.8 Å². The van der Waals surface area contributed by atoms with Crippen LogP contribution < -0.4 is 5.32 Å². The zero-order valence-electron chi connectivity index (χ0n) is 9.30. The van der Waals surface area contributed by atoms with Crippen LogP contribution in [0.2, 0.25) is 0 Å². The van der Waals surface area contributed by atoms with Gasteiger partial charge in [0.1, 0.15) is 0 Å². The summed E-state index contributed by atoms with van der Waals surface area (Å²) < 4.78 is 5.47. The number of rotatable bonds is 8. The molecule has 14 heavy (non-hydrogen) atoms. The van der Waals surface area contributed by atoms with Gasteiger partial charge in [-0.1, -0.05) is 6.92 Å². The molecule has 0 aliphatic heterocycles. The molecule has 0 radical (unpaired) electrons. The van der Waals surface area contributed by atoms with Gasteiger partial charge in [0.15, 0.2) is 0 Å². The predicted molar refractivity (Wildman–Crippen MR) is 58.3 cm³/mol. The molecule has 0 unspecified atom stereocenters. The predicted octanol–water partition coefficient (Wildman–Crippen LogP) is 2.19. The van der Waals surface area contributed by atoms with E-state index in [1.54, 1.807) is 0 Å². The number of hydrogen-bond donors (Lipinski definition) is 1. The fourth-order valence-corrected chi connectivity index (χ4v) is 2.17. The van der Waals surface area contributed by atoms with Gasteiger partial charge in [0.2, 0.25) is 0 Å². The molecule has 0 aromatic rings. The van der Waals surface area contributed by atoms with E-state index in [0.717, 1.165) is 44.1 Å². The molecule has 0 amide bonds. The number of hydrogen-bond acceptors (Lipinski definition) is 2. The summed E-state index contributed by atoms with van der Waals surface area (Å²) in [4.78, 5) is 0. The monoisotopic (exact) mass is 197 g/mol. The van der Waals surface area contributed by atoms with Gasteiger partial charge in [0.05, 0.1) is 6.61 Å². The van der Waals surface area contributed by atoms with Crippen LogP contribution in [0.25, 0.3) is 0 Å². The Morgan fingerprint density at radius 1 is 1.14 bits per heavy atom. The largest absolute Gasteiger partial charge is 0.380 e. The standard InChI is InChI=1S/C12H23NO/c1-2-8-14-9-7-13-12(10-3-4-10)11-5-6-11/h10-13H,2-9H2,1H3. The van der Waals surface area contributed by atoms with Crippen LogP contribution in [0.5, 0.6) is 0 Å². The summed E-state index contributed by atoms with van der Waals surface area (Å²) in [5, 5.41) is 3.68. The lowest BCUT2D eigenvalue weighted by atomic mass is 10.1. The van der Waals surface area contributed by atoms with Crippen molar-refractivity contribution in [1.82, 2.24) is 5.32 Å². The molecule has 0 saturated heterocycles. The second-order valence-corrected chi connectivity index (χ2v) is 4.77. The highest BCUT2D eigenvalue weighted by Crippen LogP contribution is 2.44. The normalized spacial score (nSPS) is 21.9. The quantitative estimate of drug-likeness (QED) is 0.602. The van der Waals surface area contributed by atoms with Crippen molar-refractivity contribution in [3.63, 3.8) is 0 Å². The van der Waals surface area contributed by atoms with Crippen LogP contribution in [0, 0.1) is 11.8 Å². The summed E-state index contributed by atoms with van der Waals surface area (Å²) >= 11 is 0. The third-order valence-electron chi connectivity index (χ3n) is 3.23. The van der Waals surface area contributed by atoms with Gasteiger partial charge in [0.25, 0.3) is 0 Å². The van der Waals surface area contributed by atoms with Crippen molar-refractivity contribution < 1.29 is 4.74 Å². The zero-order valence-corrected chi connectivity index (χ0v) is 9.30. The molecule has 2 fully saturated rings. The van der Waals surface area contributed by atoms with Crippen molar-refractivity contribution >= 4 is 0 Å². The summed E-state index contributed by atoms with van der Waals surface area (Å²) in [6.45, 7) is 5.02. The second kappa shape index (κ2) is 5.13. The van der Waals surface area contributed by atoms with Crippen LogP contribution in [0.1, 0.15) is 39.0 Å². The van der Waals surface area contributed by atoms with Crippen LogP contribution in [0.4, 0.5) is 0 Å². The van der Waals surface area contributed by atoms with Gasteiger partial charge in [-0.2, -0.15) is 0 Å². The topological polar surface area (TPSA) is 21.3 Å². The molecule has 82 valence electrons. The Morgan fingerprint density at radius 2 is 1.79 bits per heavy atom. The second-order valence-electron chi connectivity index (χ2n) is 4.77. The highest BCUT2D eigenvalue weighted by atomic mass is 16.5. The summed E-state index contributed by atoms with van der Waals surface area (Å²) in [7, 11) is 0. The van der Waals surface area contributed by atoms with E-state index in [4.69, 9.17) is 4.74 Å². The van der Waals surface area contributed by atoms with Crippen LogP contribution in [-0.4, -0.2) is 25.8 Å². The first-order valence-corrected chi connectivity index (χ1v) is 6.23. The van der Waals surface area contributed by atoms with Gasteiger partial charge in [-0.05, 0) is 43.9 Å². The molecule has 0 bridgehead atoms. The molecular weight excluding hydrogens is 174 g/mol. The molecule has 2 saturated carbocycles. The highest BCUT2D eigenvalue weighted by Gasteiger charge is 2.40. The first-order chi connectivity index (χ1) is 6.92. The van der Waals surface area contributed by atoms with Gasteiger partial charge in [-0.15, -0.1) is 0 Å². The van der Waals surface area contributed by atoms with E-state index >= 15 is 0 Å². The van der Waals surface area contributed by atoms with Crippen LogP contribution >= 0.6 is 0 Å². The lowest BCUT2D eigenvalue weighted by Gasteiger charge is -2.17. The third-order valence-corrected chi connectivity index (χ3v) is 3.23. The average Bonchev–Trinajstić information content (AvgIpc) is 3.03. The molecule has 2 heteroatoms. The minimum atomic E-state index is 0.834. The van der Waals surface area contributed by atoms with Gasteiger partial charge < -0.3 is 10.1 Å². The van der Waals surface area contributed by atoms with Crippen molar-refractivity contribution in [1.29, 1.82) is 0 Å². The maximum Gasteiger partial charge on any atom is 0.0591 e. The molecular formula is C12H23NO. The summed E-state index contributed by atoms with van der Waals surface area (Å²) in [5.74, 6) is 2.02. The van der Waals surface area contributed by atoms with Gasteiger partial charge in [-0.3, -0.25) is 0 Å². The first kappa shape index (κ1) is 10.4. The Hall–Kier alpha value is -0.0800. The van der Waals surface area contributed by atoms with E-state index in [1.165, 1.54) is 25.7 Å². The smallest absolute Gasteiger partial charge is 0.0591 e. The van der Waals surface area contributed by atoms with E-state index in [9.17, 15) is 0 Å². The Bertz CT molecular complexity index is 152. The highest BCUT2D eigenvalue weighted by molar-refractivity contribution is 4.96. The van der Waals surface area contributed by atoms with E-state index in [1.807, 2.05) is 0 Å². The SMILES string of the molecule is CCCOCCNC(C1CC1)C1CC1. The maximum atomic E-state index is 5.47. The van der Waals surface area contributed by atoms with Crippen molar-refractivity contribution in [2.45, 2.75) is 45.1 Å². The molecule has 0 heterocycles. The Balaban J connectivity index is 1.53. The molecule has 0 spiro atoms. The fraction of sp³-hybridized carbons (Fsp3) is 1.00. The molecule has 0 aromatic heterocycles. The lowest BCUT2D eigenvalue weighted by Crippen LogP contribution is -2.35. The molecule has 0 aromatic carbocycles. The third kappa shape index (κ3) is 3.25. The van der Waals surface area contributed by atoms with Gasteiger partial charge in [0, 0.05) is 19.2 Å². The van der Waals surface area contributed by atoms with Crippen LogP contribution in [0.15, 0.2) is 0 Å². The fourth-order valence-electron chi connectivity index (χ4n) is 2.17. The average molecular weight is 197 g/mol. The Kier molecular flexibility index (Phi) is 3.82. The molecule has 2 nitrogen and oxygen atoms in total. The minimum absolute atomic E-state index is 0.834. The van der Waals surface area contributed by atoms with Crippen LogP contribution in [0.3, 0.4) is 0 Å². The maximum absolute atomic E-state index is 5.47. The minimum Gasteiger partial charge on any atom is -0.380 e. The lowest BCUT2D eigenvalue weighted by molar-refractivity contribution is 0.132. The molecule has 2 aliphatic rings. The van der Waals surface area contributed by atoms with Crippen molar-refractivity contribution in [3.05, 3.63) is 0 Å². The summed E-state index contributed by atoms with van der Waals surface area (Å²) in [6.07, 6.45) is 6.98. The zero-order chi connectivity index (χ0) is 9.80. The summed E-state index contributed by atoms with van der Waals surface area (Å²) in [6, 6.07) is 0.834. The molecule has 2 aliphatic carbocycles. The van der Waals surface area contributed by atoms with Crippen LogP contribution in [-0.2, 0) is 4.74 Å². The van der Waals surface area contributed by atoms with Gasteiger partial charge in [-0.25, -0.2) is 0 Å². The Morgan fingerprint density at radius 3 is 2.29 bits per heavy atom. The van der Waals surface area contributed by atoms with E-state index in [2.05, 4.69) is 12.2 Å². The van der Waals surface area contributed by atoms with E-state index < -0.39 is 0 Å². The Labute approximate surface area is 87.4 Å².